The molecule has 3 rings (SSSR count). The van der Waals surface area contributed by atoms with Crippen LogP contribution in [-0.4, -0.2) is 20.6 Å². The van der Waals surface area contributed by atoms with E-state index in [9.17, 15) is 23.1 Å². The van der Waals surface area contributed by atoms with E-state index in [2.05, 4.69) is 9.97 Å². The van der Waals surface area contributed by atoms with Crippen molar-refractivity contribution in [3.63, 3.8) is 0 Å². The standard InChI is InChI=1S/C14H7ClF3N3O2/c15-10-4-3-7-6-9(21(13(22)23)12(7)20-10)11-8(14(16,17)18)2-1-5-19-11/h1-6H,(H,22,23)/p-1. The normalized spacial score (nSPS) is 11.8. The number of aromatic nitrogens is 3. The first-order chi connectivity index (χ1) is 10.8. The molecule has 0 N–H and O–H groups in total. The van der Waals surface area contributed by atoms with E-state index >= 15 is 0 Å². The van der Waals surface area contributed by atoms with Crippen molar-refractivity contribution in [1.29, 1.82) is 0 Å². The van der Waals surface area contributed by atoms with E-state index in [1.165, 1.54) is 18.2 Å². The number of carbonyl (C=O) groups is 1. The van der Waals surface area contributed by atoms with E-state index in [0.29, 0.717) is 9.95 Å². The Morgan fingerprint density at radius 2 is 2.00 bits per heavy atom. The van der Waals surface area contributed by atoms with Gasteiger partial charge in [-0.1, -0.05) is 11.6 Å². The highest BCUT2D eigenvalue weighted by Crippen LogP contribution is 2.37. The molecule has 9 heteroatoms. The summed E-state index contributed by atoms with van der Waals surface area (Å²) >= 11 is 5.72. The van der Waals surface area contributed by atoms with Gasteiger partial charge in [0, 0.05) is 11.6 Å². The fourth-order valence-electron chi connectivity index (χ4n) is 2.25. The third-order valence-electron chi connectivity index (χ3n) is 3.15. The molecule has 0 aliphatic carbocycles. The summed E-state index contributed by atoms with van der Waals surface area (Å²) in [5.41, 5.74) is -2.00. The Morgan fingerprint density at radius 3 is 2.65 bits per heavy atom. The molecule has 0 aromatic carbocycles. The molecule has 0 radical (unpaired) electrons. The van der Waals surface area contributed by atoms with Crippen LogP contribution in [0.5, 0.6) is 0 Å². The number of carboxylic acid groups (broad SMARTS) is 1. The first-order valence-corrected chi connectivity index (χ1v) is 6.59. The zero-order chi connectivity index (χ0) is 16.8. The average Bonchev–Trinajstić information content (AvgIpc) is 2.84. The molecule has 3 heterocycles. The van der Waals surface area contributed by atoms with Crippen molar-refractivity contribution in [3.8, 4) is 11.4 Å². The van der Waals surface area contributed by atoms with E-state index in [-0.39, 0.29) is 16.5 Å². The van der Waals surface area contributed by atoms with Gasteiger partial charge in [0.15, 0.2) is 0 Å². The Labute approximate surface area is 132 Å². The number of alkyl halides is 3. The predicted octanol–water partition coefficient (Wildman–Crippen LogP) is 2.96. The second-order valence-electron chi connectivity index (χ2n) is 4.58. The Kier molecular flexibility index (Phi) is 3.48. The van der Waals surface area contributed by atoms with E-state index in [1.807, 2.05) is 0 Å². The van der Waals surface area contributed by atoms with Crippen molar-refractivity contribution in [1.82, 2.24) is 14.5 Å². The quantitative estimate of drug-likeness (QED) is 0.638. The van der Waals surface area contributed by atoms with Crippen LogP contribution < -0.4 is 5.11 Å². The highest BCUT2D eigenvalue weighted by atomic mass is 35.5. The summed E-state index contributed by atoms with van der Waals surface area (Å²) in [7, 11) is 0. The maximum atomic E-state index is 13.1. The van der Waals surface area contributed by atoms with Gasteiger partial charge in [-0.05, 0) is 30.3 Å². The van der Waals surface area contributed by atoms with Crippen LogP contribution in [0.15, 0.2) is 36.5 Å². The number of rotatable bonds is 1. The van der Waals surface area contributed by atoms with Crippen LogP contribution in [0.25, 0.3) is 22.4 Å². The van der Waals surface area contributed by atoms with Crippen molar-refractivity contribution in [3.05, 3.63) is 47.2 Å². The molecule has 0 fully saturated rings. The molecule has 3 aromatic heterocycles. The van der Waals surface area contributed by atoms with Crippen LogP contribution in [0.2, 0.25) is 5.15 Å². The molecule has 0 saturated heterocycles. The van der Waals surface area contributed by atoms with Gasteiger partial charge < -0.3 is 9.90 Å². The van der Waals surface area contributed by atoms with Gasteiger partial charge in [-0.15, -0.1) is 0 Å². The average molecular weight is 341 g/mol. The number of pyridine rings is 2. The summed E-state index contributed by atoms with van der Waals surface area (Å²) in [5.74, 6) is 0. The van der Waals surface area contributed by atoms with E-state index in [4.69, 9.17) is 11.6 Å². The predicted molar refractivity (Wildman–Crippen MR) is 73.8 cm³/mol. The number of hydrogen-bond donors (Lipinski definition) is 0. The lowest BCUT2D eigenvalue weighted by molar-refractivity contribution is -0.249. The summed E-state index contributed by atoms with van der Waals surface area (Å²) < 4.78 is 39.9. The number of hydrogen-bond acceptors (Lipinski definition) is 4. The molecule has 0 aliphatic rings. The summed E-state index contributed by atoms with van der Waals surface area (Å²) in [6, 6.07) is 6.03. The Hall–Kier alpha value is -2.61. The van der Waals surface area contributed by atoms with Crippen LogP contribution in [0.1, 0.15) is 5.56 Å². The molecule has 0 atom stereocenters. The topological polar surface area (TPSA) is 70.8 Å². The van der Waals surface area contributed by atoms with E-state index in [0.717, 1.165) is 18.3 Å². The molecule has 0 bridgehead atoms. The highest BCUT2D eigenvalue weighted by Gasteiger charge is 2.35. The van der Waals surface area contributed by atoms with Crippen molar-refractivity contribution < 1.29 is 23.1 Å². The number of halogens is 4. The first kappa shape index (κ1) is 15.3. The molecule has 0 unspecified atom stereocenters. The van der Waals surface area contributed by atoms with Crippen LogP contribution >= 0.6 is 11.6 Å². The Balaban J connectivity index is 2.38. The van der Waals surface area contributed by atoms with Gasteiger partial charge in [-0.25, -0.2) is 4.98 Å². The number of carbonyl (C=O) groups excluding carboxylic acids is 1. The zero-order valence-corrected chi connectivity index (χ0v) is 11.9. The van der Waals surface area contributed by atoms with Crippen molar-refractivity contribution in [2.45, 2.75) is 6.18 Å². The van der Waals surface area contributed by atoms with Gasteiger partial charge in [0.1, 0.15) is 16.9 Å². The zero-order valence-electron chi connectivity index (χ0n) is 11.1. The largest absolute Gasteiger partial charge is 0.529 e. The Bertz CT molecular complexity index is 921. The van der Waals surface area contributed by atoms with E-state index in [1.54, 1.807) is 0 Å². The van der Waals surface area contributed by atoms with Crippen molar-refractivity contribution in [2.24, 2.45) is 0 Å². The SMILES string of the molecule is O=C([O-])n1c(-c2ncccc2C(F)(F)F)cc2ccc(Cl)nc21. The molecule has 3 aromatic rings. The lowest BCUT2D eigenvalue weighted by atomic mass is 10.1. The minimum absolute atomic E-state index is 0.00159. The van der Waals surface area contributed by atoms with E-state index < -0.39 is 23.5 Å². The molecular weight excluding hydrogens is 335 g/mol. The second kappa shape index (κ2) is 5.24. The second-order valence-corrected chi connectivity index (χ2v) is 4.96. The third-order valence-corrected chi connectivity index (χ3v) is 3.37. The van der Waals surface area contributed by atoms with Crippen LogP contribution in [0.3, 0.4) is 0 Å². The molecule has 0 amide bonds. The lowest BCUT2D eigenvalue weighted by Gasteiger charge is -2.14. The number of nitrogens with zero attached hydrogens (tertiary/aromatic N) is 3. The van der Waals surface area contributed by atoms with Gasteiger partial charge in [0.2, 0.25) is 0 Å². The molecule has 0 aliphatic heterocycles. The molecule has 118 valence electrons. The molecule has 23 heavy (non-hydrogen) atoms. The number of fused-ring (bicyclic) bond motifs is 1. The van der Waals surface area contributed by atoms with Crippen molar-refractivity contribution >= 4 is 28.7 Å². The maximum Gasteiger partial charge on any atom is 0.418 e. The lowest BCUT2D eigenvalue weighted by Crippen LogP contribution is -2.29. The summed E-state index contributed by atoms with van der Waals surface area (Å²) in [6.45, 7) is 0. The van der Waals surface area contributed by atoms with Crippen molar-refractivity contribution in [2.75, 3.05) is 0 Å². The van der Waals surface area contributed by atoms with Gasteiger partial charge in [0.05, 0.1) is 17.0 Å². The Morgan fingerprint density at radius 1 is 1.26 bits per heavy atom. The first-order valence-electron chi connectivity index (χ1n) is 6.21. The molecule has 5 nitrogen and oxygen atoms in total. The minimum Gasteiger partial charge on any atom is -0.529 e. The maximum absolute atomic E-state index is 13.1. The smallest absolute Gasteiger partial charge is 0.418 e. The van der Waals surface area contributed by atoms with Gasteiger partial charge in [-0.3, -0.25) is 9.55 Å². The molecular formula is C14H6ClF3N3O2-. The monoisotopic (exact) mass is 340 g/mol. The minimum atomic E-state index is -4.69. The molecule has 0 saturated carbocycles. The fourth-order valence-corrected chi connectivity index (χ4v) is 2.39. The van der Waals surface area contributed by atoms with Gasteiger partial charge >= 0.3 is 6.18 Å². The van der Waals surface area contributed by atoms with Crippen LogP contribution in [0, 0.1) is 0 Å². The third kappa shape index (κ3) is 2.61. The molecule has 0 spiro atoms. The summed E-state index contributed by atoms with van der Waals surface area (Å²) in [5, 5.41) is 11.7. The van der Waals surface area contributed by atoms with Crippen LogP contribution in [-0.2, 0) is 6.18 Å². The van der Waals surface area contributed by atoms with Gasteiger partial charge in [0.25, 0.3) is 0 Å². The van der Waals surface area contributed by atoms with Crippen LogP contribution in [0.4, 0.5) is 18.0 Å². The summed E-state index contributed by atoms with van der Waals surface area (Å²) in [6.07, 6.45) is -5.28. The fraction of sp³-hybridized carbons (Fsp3) is 0.0714. The summed E-state index contributed by atoms with van der Waals surface area (Å²) in [4.78, 5) is 18.9. The highest BCUT2D eigenvalue weighted by molar-refractivity contribution is 6.29. The van der Waals surface area contributed by atoms with Gasteiger partial charge in [-0.2, -0.15) is 13.2 Å².